The van der Waals surface area contributed by atoms with Gasteiger partial charge in [-0.05, 0) is 63.3 Å². The molecule has 4 rings (SSSR count). The summed E-state index contributed by atoms with van der Waals surface area (Å²) in [5, 5.41) is 0.950. The lowest BCUT2D eigenvalue weighted by Crippen LogP contribution is -2.42. The minimum absolute atomic E-state index is 0.0783. The van der Waals surface area contributed by atoms with Gasteiger partial charge in [0.15, 0.2) is 0 Å². The highest BCUT2D eigenvalue weighted by Gasteiger charge is 2.29. The third-order valence-corrected chi connectivity index (χ3v) is 6.77. The summed E-state index contributed by atoms with van der Waals surface area (Å²) in [5.74, 6) is 0.496. The lowest BCUT2D eigenvalue weighted by atomic mass is 10.1. The Morgan fingerprint density at radius 3 is 2.35 bits per heavy atom. The van der Waals surface area contributed by atoms with E-state index in [0.717, 1.165) is 11.1 Å². The number of hydrogen-bond donors (Lipinski definition) is 0. The zero-order valence-electron chi connectivity index (χ0n) is 21.8. The van der Waals surface area contributed by atoms with Crippen LogP contribution in [-0.2, 0) is 6.54 Å². The Kier molecular flexibility index (Phi) is 8.41. The van der Waals surface area contributed by atoms with Crippen molar-refractivity contribution in [3.8, 4) is 0 Å². The Morgan fingerprint density at radius 2 is 1.70 bits per heavy atom. The molecule has 0 spiro atoms. The van der Waals surface area contributed by atoms with Crippen LogP contribution in [0.2, 0.25) is 5.02 Å². The van der Waals surface area contributed by atoms with Gasteiger partial charge < -0.3 is 9.80 Å². The summed E-state index contributed by atoms with van der Waals surface area (Å²) in [7, 11) is 3.97. The Morgan fingerprint density at radius 1 is 1.00 bits per heavy atom. The number of carbonyl (C=O) groups excluding carboxylic acids is 1. The fourth-order valence-corrected chi connectivity index (χ4v) is 4.67. The number of benzene rings is 3. The molecular weight excluding hydrogens is 484 g/mol. The van der Waals surface area contributed by atoms with Crippen molar-refractivity contribution in [3.05, 3.63) is 111 Å². The second-order valence-electron chi connectivity index (χ2n) is 9.60. The van der Waals surface area contributed by atoms with Crippen molar-refractivity contribution in [3.63, 3.8) is 0 Å². The summed E-state index contributed by atoms with van der Waals surface area (Å²) < 4.78 is 1.70. The first-order chi connectivity index (χ1) is 17.8. The molecule has 1 aromatic heterocycles. The molecule has 1 heterocycles. The van der Waals surface area contributed by atoms with E-state index in [1.807, 2.05) is 87.4 Å². The molecule has 7 heteroatoms. The molecule has 0 aliphatic carbocycles. The minimum atomic E-state index is -0.398. The molecule has 37 heavy (non-hydrogen) atoms. The zero-order valence-corrected chi connectivity index (χ0v) is 22.6. The van der Waals surface area contributed by atoms with E-state index in [9.17, 15) is 9.59 Å². The molecule has 0 aliphatic heterocycles. The topological polar surface area (TPSA) is 58.4 Å². The monoisotopic (exact) mass is 516 g/mol. The maximum atomic E-state index is 13.9. The van der Waals surface area contributed by atoms with Gasteiger partial charge in [0.25, 0.3) is 11.5 Å². The van der Waals surface area contributed by atoms with Gasteiger partial charge in [-0.1, -0.05) is 66.6 Å². The van der Waals surface area contributed by atoms with Crippen molar-refractivity contribution in [2.75, 3.05) is 27.2 Å². The zero-order chi connectivity index (χ0) is 26.5. The largest absolute Gasteiger partial charge is 0.327 e. The Bertz CT molecular complexity index is 1430. The van der Waals surface area contributed by atoms with Gasteiger partial charge in [-0.3, -0.25) is 14.2 Å². The number of aryl methyl sites for hydroxylation is 1. The molecule has 1 amide bonds. The number of aromatic nitrogens is 2. The van der Waals surface area contributed by atoms with Crippen molar-refractivity contribution in [1.82, 2.24) is 19.4 Å². The van der Waals surface area contributed by atoms with Crippen LogP contribution < -0.4 is 5.56 Å². The number of halogens is 1. The second-order valence-corrected chi connectivity index (χ2v) is 10.0. The molecule has 0 fully saturated rings. The Balaban J connectivity index is 1.89. The van der Waals surface area contributed by atoms with Crippen LogP contribution >= 0.6 is 11.6 Å². The summed E-state index contributed by atoms with van der Waals surface area (Å²) in [6.07, 6.45) is 0.603. The number of nitrogens with zero attached hydrogens (tertiary/aromatic N) is 4. The number of likely N-dealkylation sites (N-methyl/N-ethyl adjacent to an activating group) is 1. The number of hydrogen-bond acceptors (Lipinski definition) is 4. The van der Waals surface area contributed by atoms with Crippen LogP contribution in [-0.4, -0.2) is 52.4 Å². The van der Waals surface area contributed by atoms with E-state index < -0.39 is 6.04 Å². The molecule has 0 saturated heterocycles. The number of fused-ring (bicyclic) bond motifs is 1. The summed E-state index contributed by atoms with van der Waals surface area (Å²) in [6.45, 7) is 5.56. The maximum Gasteiger partial charge on any atom is 0.261 e. The first-order valence-corrected chi connectivity index (χ1v) is 12.9. The van der Waals surface area contributed by atoms with Gasteiger partial charge in [-0.15, -0.1) is 0 Å². The highest BCUT2D eigenvalue weighted by Crippen LogP contribution is 2.27. The van der Waals surface area contributed by atoms with Crippen molar-refractivity contribution in [2.24, 2.45) is 0 Å². The maximum absolute atomic E-state index is 13.9. The van der Waals surface area contributed by atoms with E-state index in [1.165, 1.54) is 0 Å². The molecule has 3 aromatic carbocycles. The van der Waals surface area contributed by atoms with Gasteiger partial charge >= 0.3 is 0 Å². The van der Waals surface area contributed by atoms with Crippen LogP contribution in [0.1, 0.15) is 46.7 Å². The van der Waals surface area contributed by atoms with Crippen LogP contribution in [0.4, 0.5) is 0 Å². The quantitative estimate of drug-likeness (QED) is 0.292. The van der Waals surface area contributed by atoms with Crippen molar-refractivity contribution in [2.45, 2.75) is 32.9 Å². The fourth-order valence-electron chi connectivity index (χ4n) is 4.49. The average Bonchev–Trinajstić information content (AvgIpc) is 2.89. The predicted molar refractivity (Wildman–Crippen MR) is 150 cm³/mol. The molecule has 6 nitrogen and oxygen atoms in total. The summed E-state index contributed by atoms with van der Waals surface area (Å²) >= 11 is 6.24. The molecule has 0 bridgehead atoms. The number of carbonyl (C=O) groups is 1. The van der Waals surface area contributed by atoms with Crippen LogP contribution in [0, 0.1) is 6.92 Å². The summed E-state index contributed by atoms with van der Waals surface area (Å²) in [4.78, 5) is 36.6. The molecule has 1 unspecified atom stereocenters. The standard InChI is InChI=1S/C30H33ClN4O2/c1-5-27(34(18-17-33(3)4)29(36)23-13-11-21(2)12-14-23)28-32-26-16-15-24(31)19-25(26)30(37)35(28)20-22-9-7-6-8-10-22/h6-16,19,27H,5,17-18,20H2,1-4H3. The van der Waals surface area contributed by atoms with E-state index >= 15 is 0 Å². The fraction of sp³-hybridized carbons (Fsp3) is 0.300. The first-order valence-electron chi connectivity index (χ1n) is 12.5. The van der Waals surface area contributed by atoms with Gasteiger partial charge in [-0.25, -0.2) is 4.98 Å². The first kappa shape index (κ1) is 26.6. The second kappa shape index (κ2) is 11.7. The molecule has 0 N–H and O–H groups in total. The summed E-state index contributed by atoms with van der Waals surface area (Å²) in [6, 6.07) is 22.2. The van der Waals surface area contributed by atoms with Gasteiger partial charge in [0.2, 0.25) is 0 Å². The molecule has 192 valence electrons. The van der Waals surface area contributed by atoms with Crippen molar-refractivity contribution >= 4 is 28.4 Å². The SMILES string of the molecule is CCC(c1nc2ccc(Cl)cc2c(=O)n1Cc1ccccc1)N(CCN(C)C)C(=O)c1ccc(C)cc1. The van der Waals surface area contributed by atoms with Gasteiger partial charge in [0.05, 0.1) is 23.5 Å². The number of rotatable bonds is 9. The normalized spacial score (nSPS) is 12.2. The third kappa shape index (κ3) is 6.09. The minimum Gasteiger partial charge on any atom is -0.327 e. The highest BCUT2D eigenvalue weighted by molar-refractivity contribution is 6.31. The van der Waals surface area contributed by atoms with E-state index in [1.54, 1.807) is 22.8 Å². The third-order valence-electron chi connectivity index (χ3n) is 6.54. The summed E-state index contributed by atoms with van der Waals surface area (Å²) in [5.41, 5.74) is 3.10. The predicted octanol–water partition coefficient (Wildman–Crippen LogP) is 5.56. The van der Waals surface area contributed by atoms with E-state index in [-0.39, 0.29) is 11.5 Å². The van der Waals surface area contributed by atoms with E-state index in [0.29, 0.717) is 53.4 Å². The number of amides is 1. The van der Waals surface area contributed by atoms with Gasteiger partial charge in [-0.2, -0.15) is 0 Å². The highest BCUT2D eigenvalue weighted by atomic mass is 35.5. The van der Waals surface area contributed by atoms with E-state index in [4.69, 9.17) is 16.6 Å². The molecule has 4 aromatic rings. The van der Waals surface area contributed by atoms with Gasteiger partial charge in [0.1, 0.15) is 5.82 Å². The van der Waals surface area contributed by atoms with Gasteiger partial charge in [0, 0.05) is 23.7 Å². The molecule has 0 radical (unpaired) electrons. The van der Waals surface area contributed by atoms with Crippen LogP contribution in [0.5, 0.6) is 0 Å². The average molecular weight is 517 g/mol. The smallest absolute Gasteiger partial charge is 0.261 e. The van der Waals surface area contributed by atoms with Crippen LogP contribution in [0.25, 0.3) is 10.9 Å². The van der Waals surface area contributed by atoms with Crippen LogP contribution in [0.15, 0.2) is 77.6 Å². The van der Waals surface area contributed by atoms with Crippen LogP contribution in [0.3, 0.4) is 0 Å². The Hall–Kier alpha value is -3.48. The lowest BCUT2D eigenvalue weighted by molar-refractivity contribution is 0.0642. The molecule has 1 atom stereocenters. The lowest BCUT2D eigenvalue weighted by Gasteiger charge is -2.33. The van der Waals surface area contributed by atoms with Crippen molar-refractivity contribution < 1.29 is 4.79 Å². The Labute approximate surface area is 223 Å². The molecular formula is C30H33ClN4O2. The molecule has 0 saturated carbocycles. The van der Waals surface area contributed by atoms with Crippen molar-refractivity contribution in [1.29, 1.82) is 0 Å². The molecule has 0 aliphatic rings. The van der Waals surface area contributed by atoms with E-state index in [2.05, 4.69) is 4.90 Å².